The lowest BCUT2D eigenvalue weighted by atomic mass is 9.89. The fraction of sp³-hybridized carbons (Fsp3) is 0.0312. The molecule has 68 heavy (non-hydrogen) atoms. The van der Waals surface area contributed by atoms with Crippen LogP contribution in [0.3, 0.4) is 0 Å². The number of hydrogen-bond donors (Lipinski definition) is 0. The number of allylic oxidation sites excluding steroid dienone is 4. The topological polar surface area (TPSA) is 43.9 Å². The molecule has 0 amide bonds. The van der Waals surface area contributed by atoms with Crippen LogP contribution < -0.4 is 0 Å². The fourth-order valence-electron chi connectivity index (χ4n) is 10.2. The first-order valence-electron chi connectivity index (χ1n) is 23.3. The molecule has 12 aromatic rings. The molecular weight excluding hydrogens is 827 g/mol. The Morgan fingerprint density at radius 3 is 1.68 bits per heavy atom. The standard InChI is InChI=1S/C64H43N3O/c1-3-15-42(16-4-1)44-27-31-46(32-28-44)58-41-59(47-33-29-45(30-34-47)43-17-5-2-6-18-43)66-64(65-58)67-60-25-13-11-23-54(60)56-39-48(35-37-61(56)67)50-19-7-9-21-52(50)53-22-10-8-20-51(53)49-36-38-63-57(40-49)55-24-12-14-26-62(55)68-63/h1-29,31-41,45H,30H2. The molecule has 320 valence electrons. The maximum absolute atomic E-state index is 6.21. The van der Waals surface area contributed by atoms with Gasteiger partial charge in [0.15, 0.2) is 0 Å². The van der Waals surface area contributed by atoms with E-state index in [0.717, 1.165) is 89.4 Å². The van der Waals surface area contributed by atoms with Crippen molar-refractivity contribution in [2.75, 3.05) is 0 Å². The molecule has 4 nitrogen and oxygen atoms in total. The van der Waals surface area contributed by atoms with E-state index in [0.29, 0.717) is 11.9 Å². The molecule has 3 heterocycles. The molecule has 0 saturated carbocycles. The Bertz CT molecular complexity index is 3930. The lowest BCUT2D eigenvalue weighted by Crippen LogP contribution is -2.06. The maximum atomic E-state index is 6.21. The van der Waals surface area contributed by atoms with Gasteiger partial charge >= 0.3 is 0 Å². The second kappa shape index (κ2) is 16.5. The minimum absolute atomic E-state index is 0.323. The summed E-state index contributed by atoms with van der Waals surface area (Å²) in [6, 6.07) is 80.0. The van der Waals surface area contributed by atoms with Crippen molar-refractivity contribution in [1.29, 1.82) is 0 Å². The van der Waals surface area contributed by atoms with E-state index < -0.39 is 0 Å². The number of furan rings is 1. The van der Waals surface area contributed by atoms with Gasteiger partial charge in [0.1, 0.15) is 11.2 Å². The van der Waals surface area contributed by atoms with Gasteiger partial charge in [0.05, 0.1) is 22.4 Å². The first kappa shape index (κ1) is 39.5. The van der Waals surface area contributed by atoms with E-state index in [9.17, 15) is 0 Å². The van der Waals surface area contributed by atoms with Gasteiger partial charge in [-0.2, -0.15) is 0 Å². The van der Waals surface area contributed by atoms with Crippen molar-refractivity contribution in [3.63, 3.8) is 0 Å². The van der Waals surface area contributed by atoms with Crippen LogP contribution in [-0.4, -0.2) is 14.5 Å². The molecule has 13 rings (SSSR count). The van der Waals surface area contributed by atoms with E-state index in [-0.39, 0.29) is 0 Å². The summed E-state index contributed by atoms with van der Waals surface area (Å²) in [4.78, 5) is 10.8. The molecule has 0 N–H and O–H groups in total. The summed E-state index contributed by atoms with van der Waals surface area (Å²) in [5.74, 6) is 0.961. The third-order valence-electron chi connectivity index (χ3n) is 13.6. The Hall–Kier alpha value is -8.86. The molecule has 0 aliphatic heterocycles. The summed E-state index contributed by atoms with van der Waals surface area (Å²) in [5.41, 5.74) is 18.5. The zero-order valence-corrected chi connectivity index (χ0v) is 37.1. The highest BCUT2D eigenvalue weighted by atomic mass is 16.3. The second-order valence-corrected chi connectivity index (χ2v) is 17.6. The monoisotopic (exact) mass is 869 g/mol. The van der Waals surface area contributed by atoms with Gasteiger partial charge in [-0.3, -0.25) is 4.57 Å². The van der Waals surface area contributed by atoms with Crippen molar-refractivity contribution in [2.45, 2.75) is 12.3 Å². The van der Waals surface area contributed by atoms with Crippen LogP contribution in [0.1, 0.15) is 23.6 Å². The van der Waals surface area contributed by atoms with Gasteiger partial charge in [-0.25, -0.2) is 9.97 Å². The van der Waals surface area contributed by atoms with Crippen LogP contribution in [-0.2, 0) is 0 Å². The van der Waals surface area contributed by atoms with Crippen LogP contribution in [0.5, 0.6) is 0 Å². The predicted molar refractivity (Wildman–Crippen MR) is 282 cm³/mol. The summed E-state index contributed by atoms with van der Waals surface area (Å²) >= 11 is 0. The first-order valence-corrected chi connectivity index (χ1v) is 23.3. The SMILES string of the molecule is C1=CC(c2ccccc2)CC=C1c1cc(-c2ccc(-c3ccccc3)cc2)nc(-n2c3ccccc3c3cc(-c4ccccc4-c4ccccc4-c4ccc5oc6ccccc6c5c4)ccc32)n1. The number of rotatable bonds is 8. The number of aromatic nitrogens is 3. The van der Waals surface area contributed by atoms with Crippen LogP contribution in [0.25, 0.3) is 111 Å². The molecular formula is C64H43N3O. The highest BCUT2D eigenvalue weighted by Crippen LogP contribution is 2.42. The van der Waals surface area contributed by atoms with Gasteiger partial charge in [-0.15, -0.1) is 0 Å². The van der Waals surface area contributed by atoms with Crippen molar-refractivity contribution in [3.05, 3.63) is 254 Å². The van der Waals surface area contributed by atoms with Crippen LogP contribution in [0.2, 0.25) is 0 Å². The molecule has 0 saturated heterocycles. The van der Waals surface area contributed by atoms with Gasteiger partial charge in [0, 0.05) is 33.0 Å². The molecule has 1 atom stereocenters. The number of nitrogens with zero attached hydrogens (tertiary/aromatic N) is 3. The van der Waals surface area contributed by atoms with Crippen LogP contribution in [0.15, 0.2) is 247 Å². The molecule has 3 aromatic heterocycles. The van der Waals surface area contributed by atoms with Crippen molar-refractivity contribution in [3.8, 4) is 61.7 Å². The zero-order chi connectivity index (χ0) is 45.0. The average molecular weight is 870 g/mol. The third-order valence-corrected chi connectivity index (χ3v) is 13.6. The largest absolute Gasteiger partial charge is 0.456 e. The highest BCUT2D eigenvalue weighted by molar-refractivity contribution is 6.11. The summed E-state index contributed by atoms with van der Waals surface area (Å²) in [6.07, 6.45) is 7.79. The smallest absolute Gasteiger partial charge is 0.235 e. The Labute approximate surface area is 394 Å². The fourth-order valence-corrected chi connectivity index (χ4v) is 10.2. The van der Waals surface area contributed by atoms with Gasteiger partial charge in [0.2, 0.25) is 5.95 Å². The molecule has 1 unspecified atom stereocenters. The quantitative estimate of drug-likeness (QED) is 0.153. The minimum Gasteiger partial charge on any atom is -0.456 e. The van der Waals surface area contributed by atoms with Crippen molar-refractivity contribution < 1.29 is 4.42 Å². The second-order valence-electron chi connectivity index (χ2n) is 17.6. The lowest BCUT2D eigenvalue weighted by molar-refractivity contribution is 0.669. The van der Waals surface area contributed by atoms with E-state index in [1.165, 1.54) is 33.4 Å². The summed E-state index contributed by atoms with van der Waals surface area (Å²) in [6.45, 7) is 0. The molecule has 1 aliphatic rings. The van der Waals surface area contributed by atoms with Gasteiger partial charge in [-0.05, 0) is 105 Å². The van der Waals surface area contributed by atoms with Crippen LogP contribution in [0.4, 0.5) is 0 Å². The normalized spacial score (nSPS) is 13.7. The van der Waals surface area contributed by atoms with Gasteiger partial charge < -0.3 is 4.42 Å². The van der Waals surface area contributed by atoms with Crippen molar-refractivity contribution in [1.82, 2.24) is 14.5 Å². The Morgan fingerprint density at radius 2 is 0.941 bits per heavy atom. The number of para-hydroxylation sites is 2. The van der Waals surface area contributed by atoms with E-state index in [1.807, 2.05) is 12.1 Å². The van der Waals surface area contributed by atoms with Crippen LogP contribution in [0, 0.1) is 0 Å². The molecule has 0 spiro atoms. The maximum Gasteiger partial charge on any atom is 0.235 e. The van der Waals surface area contributed by atoms with Crippen molar-refractivity contribution >= 4 is 49.3 Å². The van der Waals surface area contributed by atoms with Crippen molar-refractivity contribution in [2.24, 2.45) is 0 Å². The van der Waals surface area contributed by atoms with Crippen LogP contribution >= 0.6 is 0 Å². The van der Waals surface area contributed by atoms with Gasteiger partial charge in [-0.1, -0.05) is 200 Å². The first-order chi connectivity index (χ1) is 33.7. The molecule has 0 fully saturated rings. The van der Waals surface area contributed by atoms with E-state index >= 15 is 0 Å². The van der Waals surface area contributed by atoms with E-state index in [2.05, 4.69) is 235 Å². The zero-order valence-electron chi connectivity index (χ0n) is 37.1. The lowest BCUT2D eigenvalue weighted by Gasteiger charge is -2.18. The Balaban J connectivity index is 0.935. The van der Waals surface area contributed by atoms with Gasteiger partial charge in [0.25, 0.3) is 0 Å². The molecule has 1 aliphatic carbocycles. The molecule has 4 heteroatoms. The Kier molecular flexibility index (Phi) is 9.61. The third kappa shape index (κ3) is 6.94. The minimum atomic E-state index is 0.323. The summed E-state index contributed by atoms with van der Waals surface area (Å²) in [7, 11) is 0. The predicted octanol–water partition coefficient (Wildman–Crippen LogP) is 16.9. The number of hydrogen-bond acceptors (Lipinski definition) is 3. The molecule has 0 radical (unpaired) electrons. The summed E-state index contributed by atoms with van der Waals surface area (Å²) in [5, 5.41) is 4.53. The molecule has 0 bridgehead atoms. The molecule has 9 aromatic carbocycles. The highest BCUT2D eigenvalue weighted by Gasteiger charge is 2.21. The summed E-state index contributed by atoms with van der Waals surface area (Å²) < 4.78 is 8.46. The van der Waals surface area contributed by atoms with E-state index in [4.69, 9.17) is 14.4 Å². The average Bonchev–Trinajstić information content (AvgIpc) is 3.96. The van der Waals surface area contributed by atoms with E-state index in [1.54, 1.807) is 0 Å². The Morgan fingerprint density at radius 1 is 0.397 bits per heavy atom. The number of benzene rings is 9. The number of fused-ring (bicyclic) bond motifs is 6.